The van der Waals surface area contributed by atoms with Crippen LogP contribution in [0.3, 0.4) is 0 Å². The molecule has 3 atom stereocenters. The summed E-state index contributed by atoms with van der Waals surface area (Å²) in [6.45, 7) is 1.10. The highest BCUT2D eigenvalue weighted by atomic mass is 32.2. The Kier molecular flexibility index (Phi) is 5.71. The summed E-state index contributed by atoms with van der Waals surface area (Å²) >= 11 is 0. The first-order chi connectivity index (χ1) is 12.4. The van der Waals surface area contributed by atoms with E-state index in [0.717, 1.165) is 19.0 Å². The molecular weight excluding hydrogens is 359 g/mol. The van der Waals surface area contributed by atoms with Crippen LogP contribution in [0.5, 0.6) is 0 Å². The summed E-state index contributed by atoms with van der Waals surface area (Å²) in [6.07, 6.45) is 4.63. The van der Waals surface area contributed by atoms with Crippen molar-refractivity contribution in [2.45, 2.75) is 43.0 Å². The van der Waals surface area contributed by atoms with Crippen molar-refractivity contribution in [3.8, 4) is 0 Å². The summed E-state index contributed by atoms with van der Waals surface area (Å²) < 4.78 is 41.5. The van der Waals surface area contributed by atoms with E-state index < -0.39 is 21.9 Å². The number of nitrogens with zero attached hydrogens (tertiary/aromatic N) is 2. The van der Waals surface area contributed by atoms with E-state index in [-0.39, 0.29) is 10.9 Å². The molecule has 1 aromatic carbocycles. The number of hydrogen-bond donors (Lipinski definition) is 3. The Labute approximate surface area is 152 Å². The summed E-state index contributed by atoms with van der Waals surface area (Å²) in [5, 5.41) is 17.7. The molecule has 142 valence electrons. The molecule has 1 saturated carbocycles. The molecule has 0 saturated heterocycles. The Morgan fingerprint density at radius 2 is 2.19 bits per heavy atom. The van der Waals surface area contributed by atoms with Gasteiger partial charge in [-0.2, -0.15) is 5.10 Å². The molecule has 0 spiro atoms. The predicted molar refractivity (Wildman–Crippen MR) is 94.2 cm³/mol. The van der Waals surface area contributed by atoms with Crippen LogP contribution in [0, 0.1) is 11.7 Å². The van der Waals surface area contributed by atoms with Crippen molar-refractivity contribution in [3.63, 3.8) is 0 Å². The molecule has 9 heteroatoms. The van der Waals surface area contributed by atoms with Crippen LogP contribution in [0.15, 0.2) is 41.6 Å². The maximum absolute atomic E-state index is 13.8. The number of hydrogen-bond acceptors (Lipinski definition) is 5. The van der Waals surface area contributed by atoms with Gasteiger partial charge in [-0.25, -0.2) is 17.5 Å². The lowest BCUT2D eigenvalue weighted by atomic mass is 10.1. The molecule has 0 aliphatic heterocycles. The van der Waals surface area contributed by atoms with E-state index >= 15 is 0 Å². The van der Waals surface area contributed by atoms with Crippen molar-refractivity contribution < 1.29 is 17.9 Å². The van der Waals surface area contributed by atoms with Gasteiger partial charge in [-0.1, -0.05) is 6.07 Å². The maximum Gasteiger partial charge on any atom is 0.243 e. The normalized spacial score (nSPS) is 23.4. The zero-order valence-electron chi connectivity index (χ0n) is 14.5. The first-order valence-electron chi connectivity index (χ1n) is 8.50. The van der Waals surface area contributed by atoms with Gasteiger partial charge in [0.25, 0.3) is 0 Å². The molecule has 1 aliphatic rings. The van der Waals surface area contributed by atoms with Crippen molar-refractivity contribution >= 4 is 10.0 Å². The zero-order chi connectivity index (χ0) is 18.7. The molecule has 1 unspecified atom stereocenters. The quantitative estimate of drug-likeness (QED) is 0.660. The summed E-state index contributed by atoms with van der Waals surface area (Å²) in [5.41, 5.74) is 0.642. The number of aliphatic hydroxyl groups excluding tert-OH is 1. The highest BCUT2D eigenvalue weighted by Crippen LogP contribution is 2.28. The fourth-order valence-electron chi connectivity index (χ4n) is 3.38. The number of rotatable bonds is 7. The third kappa shape index (κ3) is 4.29. The smallest absolute Gasteiger partial charge is 0.243 e. The Bertz CT molecular complexity index is 842. The van der Waals surface area contributed by atoms with E-state index in [1.54, 1.807) is 12.3 Å². The first kappa shape index (κ1) is 19.0. The van der Waals surface area contributed by atoms with Crippen molar-refractivity contribution in [1.82, 2.24) is 19.8 Å². The Balaban J connectivity index is 1.61. The van der Waals surface area contributed by atoms with E-state index in [2.05, 4.69) is 15.1 Å². The highest BCUT2D eigenvalue weighted by molar-refractivity contribution is 7.89. The van der Waals surface area contributed by atoms with Crippen molar-refractivity contribution in [3.05, 3.63) is 48.0 Å². The van der Waals surface area contributed by atoms with E-state index in [9.17, 15) is 17.9 Å². The first-order valence-corrected chi connectivity index (χ1v) is 9.98. The largest absolute Gasteiger partial charge is 0.391 e. The molecule has 1 fully saturated rings. The van der Waals surface area contributed by atoms with Crippen LogP contribution in [0.25, 0.3) is 0 Å². The molecule has 7 nitrogen and oxygen atoms in total. The molecule has 3 N–H and O–H groups in total. The lowest BCUT2D eigenvalue weighted by Crippen LogP contribution is -2.35. The molecule has 0 radical (unpaired) electrons. The lowest BCUT2D eigenvalue weighted by Gasteiger charge is -2.17. The number of aliphatic hydroxyl groups is 1. The minimum atomic E-state index is -3.85. The van der Waals surface area contributed by atoms with Crippen molar-refractivity contribution in [2.75, 3.05) is 7.05 Å². The van der Waals surface area contributed by atoms with Gasteiger partial charge in [0, 0.05) is 31.5 Å². The second-order valence-electron chi connectivity index (χ2n) is 6.59. The fraction of sp³-hybridized carbons (Fsp3) is 0.471. The highest BCUT2D eigenvalue weighted by Gasteiger charge is 2.32. The average Bonchev–Trinajstić information content (AvgIpc) is 3.24. The minimum absolute atomic E-state index is 0.0926. The molecular formula is C17H23FN4O3S. The summed E-state index contributed by atoms with van der Waals surface area (Å²) in [6, 6.07) is 5.78. The van der Waals surface area contributed by atoms with Crippen LogP contribution < -0.4 is 10.0 Å². The van der Waals surface area contributed by atoms with Gasteiger partial charge in [0.2, 0.25) is 10.0 Å². The van der Waals surface area contributed by atoms with Gasteiger partial charge in [0.05, 0.1) is 6.10 Å². The molecule has 1 heterocycles. The Morgan fingerprint density at radius 3 is 2.88 bits per heavy atom. The van der Waals surface area contributed by atoms with Crippen LogP contribution in [0.2, 0.25) is 0 Å². The van der Waals surface area contributed by atoms with Crippen molar-refractivity contribution in [1.29, 1.82) is 0 Å². The minimum Gasteiger partial charge on any atom is -0.391 e. The van der Waals surface area contributed by atoms with Crippen LogP contribution in [0.4, 0.5) is 4.39 Å². The van der Waals surface area contributed by atoms with E-state index in [0.29, 0.717) is 24.4 Å². The number of nitrogens with one attached hydrogen (secondary N) is 2. The van der Waals surface area contributed by atoms with E-state index in [1.807, 2.05) is 16.9 Å². The second kappa shape index (κ2) is 7.83. The van der Waals surface area contributed by atoms with Gasteiger partial charge in [-0.05, 0) is 49.6 Å². The monoisotopic (exact) mass is 382 g/mol. The number of aromatic nitrogens is 2. The summed E-state index contributed by atoms with van der Waals surface area (Å²) in [4.78, 5) is -0.372. The van der Waals surface area contributed by atoms with Crippen LogP contribution in [0.1, 0.15) is 18.4 Å². The van der Waals surface area contributed by atoms with Gasteiger partial charge < -0.3 is 10.4 Å². The topological polar surface area (TPSA) is 96.3 Å². The van der Waals surface area contributed by atoms with Gasteiger partial charge in [0.1, 0.15) is 10.7 Å². The number of benzene rings is 1. The average molecular weight is 382 g/mol. The van der Waals surface area contributed by atoms with Crippen LogP contribution >= 0.6 is 0 Å². The van der Waals surface area contributed by atoms with Gasteiger partial charge in [-0.3, -0.25) is 4.68 Å². The standard InChI is InChI=1S/C17H23FN4O3S/c1-19-26(24,25)17-9-12(3-4-14(17)18)10-20-15-7-13(8-16(15)23)11-22-6-2-5-21-22/h2-6,9,13,15-16,19-20,23H,7-8,10-11H2,1H3/t13?,15-,16-/m1/s1. The Hall–Kier alpha value is -1.81. The van der Waals surface area contributed by atoms with Gasteiger partial charge in [-0.15, -0.1) is 0 Å². The van der Waals surface area contributed by atoms with Crippen molar-refractivity contribution in [2.24, 2.45) is 5.92 Å². The third-order valence-corrected chi connectivity index (χ3v) is 6.18. The summed E-state index contributed by atoms with van der Waals surface area (Å²) in [7, 11) is -2.60. The molecule has 26 heavy (non-hydrogen) atoms. The fourth-order valence-corrected chi connectivity index (χ4v) is 4.23. The van der Waals surface area contributed by atoms with Crippen LogP contribution in [-0.4, -0.2) is 42.5 Å². The predicted octanol–water partition coefficient (Wildman–Crippen LogP) is 0.860. The zero-order valence-corrected chi connectivity index (χ0v) is 15.3. The lowest BCUT2D eigenvalue weighted by molar-refractivity contribution is 0.145. The molecule has 1 aromatic heterocycles. The summed E-state index contributed by atoms with van der Waals surface area (Å²) in [5.74, 6) is -0.473. The molecule has 0 bridgehead atoms. The SMILES string of the molecule is CNS(=O)(=O)c1cc(CN[C@@H]2CC(Cn3cccn3)C[C@H]2O)ccc1F. The molecule has 0 amide bonds. The van der Waals surface area contributed by atoms with Crippen LogP contribution in [-0.2, 0) is 23.1 Å². The van der Waals surface area contributed by atoms with E-state index in [4.69, 9.17) is 0 Å². The third-order valence-electron chi connectivity index (χ3n) is 4.75. The Morgan fingerprint density at radius 1 is 1.38 bits per heavy atom. The molecule has 3 rings (SSSR count). The number of halogens is 1. The number of sulfonamides is 1. The molecule has 2 aromatic rings. The molecule has 1 aliphatic carbocycles. The van der Waals surface area contributed by atoms with Gasteiger partial charge >= 0.3 is 0 Å². The maximum atomic E-state index is 13.8. The van der Waals surface area contributed by atoms with E-state index in [1.165, 1.54) is 13.1 Å². The van der Waals surface area contributed by atoms with Gasteiger partial charge in [0.15, 0.2) is 0 Å². The second-order valence-corrected chi connectivity index (χ2v) is 8.45.